The van der Waals surface area contributed by atoms with E-state index in [0.717, 1.165) is 6.07 Å². The van der Waals surface area contributed by atoms with Gasteiger partial charge in [-0.05, 0) is 11.1 Å². The van der Waals surface area contributed by atoms with Crippen molar-refractivity contribution in [3.63, 3.8) is 0 Å². The van der Waals surface area contributed by atoms with E-state index in [1.165, 1.54) is 12.1 Å². The molecule has 0 aliphatic rings. The first-order valence-electron chi connectivity index (χ1n) is 5.07. The second-order valence-electron chi connectivity index (χ2n) is 3.62. The van der Waals surface area contributed by atoms with E-state index in [1.807, 2.05) is 0 Å². The Kier molecular flexibility index (Phi) is 3.01. The summed E-state index contributed by atoms with van der Waals surface area (Å²) in [5.74, 6) is 0. The van der Waals surface area contributed by atoms with Crippen LogP contribution in [0.2, 0.25) is 0 Å². The third-order valence-electron chi connectivity index (χ3n) is 2.43. The second-order valence-corrected chi connectivity index (χ2v) is 3.62. The molecular weight excluding hydrogens is 236 g/mol. The van der Waals surface area contributed by atoms with E-state index < -0.39 is 9.85 Å². The number of nitro benzene ring substituents is 2. The number of nitro groups is 2. The molecule has 0 saturated heterocycles. The molecule has 0 amide bonds. The predicted octanol–water partition coefficient (Wildman–Crippen LogP) is 3.17. The fourth-order valence-electron chi connectivity index (χ4n) is 1.60. The van der Waals surface area contributed by atoms with Gasteiger partial charge in [0, 0.05) is 12.1 Å². The van der Waals surface area contributed by atoms with Gasteiger partial charge in [0.05, 0.1) is 15.9 Å². The van der Waals surface area contributed by atoms with E-state index in [0.29, 0.717) is 11.1 Å². The lowest BCUT2D eigenvalue weighted by atomic mass is 10.0. The number of hydrogen-bond acceptors (Lipinski definition) is 4. The fourth-order valence-corrected chi connectivity index (χ4v) is 1.60. The minimum absolute atomic E-state index is 0.289. The molecule has 0 bridgehead atoms. The van der Waals surface area contributed by atoms with E-state index in [1.54, 1.807) is 30.3 Å². The van der Waals surface area contributed by atoms with Gasteiger partial charge in [-0.1, -0.05) is 30.3 Å². The van der Waals surface area contributed by atoms with Crippen molar-refractivity contribution < 1.29 is 9.85 Å². The van der Waals surface area contributed by atoms with Gasteiger partial charge in [-0.15, -0.1) is 0 Å². The Labute approximate surface area is 102 Å². The molecule has 90 valence electrons. The molecule has 0 fully saturated rings. The summed E-state index contributed by atoms with van der Waals surface area (Å²) in [5, 5.41) is 21.5. The summed E-state index contributed by atoms with van der Waals surface area (Å²) in [4.78, 5) is 20.2. The van der Waals surface area contributed by atoms with E-state index in [2.05, 4.69) is 0 Å². The quantitative estimate of drug-likeness (QED) is 0.612. The summed E-state index contributed by atoms with van der Waals surface area (Å²) in [6, 6.07) is 12.4. The largest absolute Gasteiger partial charge is 0.276 e. The zero-order valence-corrected chi connectivity index (χ0v) is 9.15. The van der Waals surface area contributed by atoms with Crippen LogP contribution in [0.15, 0.2) is 48.5 Å². The average molecular weight is 244 g/mol. The monoisotopic (exact) mass is 244 g/mol. The molecule has 6 heteroatoms. The minimum Gasteiger partial charge on any atom is -0.258 e. The Bertz CT molecular complexity index is 578. The van der Waals surface area contributed by atoms with Crippen molar-refractivity contribution in [2.24, 2.45) is 0 Å². The van der Waals surface area contributed by atoms with Crippen LogP contribution >= 0.6 is 0 Å². The molecule has 2 aromatic carbocycles. The van der Waals surface area contributed by atoms with Gasteiger partial charge >= 0.3 is 0 Å². The maximum absolute atomic E-state index is 10.7. The summed E-state index contributed by atoms with van der Waals surface area (Å²) < 4.78 is 0. The smallest absolute Gasteiger partial charge is 0.258 e. The number of non-ortho nitro benzene ring substituents is 2. The molecule has 0 aliphatic heterocycles. The van der Waals surface area contributed by atoms with Crippen molar-refractivity contribution in [2.45, 2.75) is 0 Å². The van der Waals surface area contributed by atoms with E-state index in [9.17, 15) is 20.2 Å². The predicted molar refractivity (Wildman–Crippen MR) is 65.2 cm³/mol. The van der Waals surface area contributed by atoms with Crippen LogP contribution in [0.1, 0.15) is 0 Å². The zero-order chi connectivity index (χ0) is 13.1. The van der Waals surface area contributed by atoms with Gasteiger partial charge in [0.1, 0.15) is 0 Å². The zero-order valence-electron chi connectivity index (χ0n) is 9.15. The Hall–Kier alpha value is -2.76. The molecule has 0 aromatic heterocycles. The molecule has 18 heavy (non-hydrogen) atoms. The van der Waals surface area contributed by atoms with Crippen LogP contribution in [0.25, 0.3) is 11.1 Å². The van der Waals surface area contributed by atoms with Crippen molar-refractivity contribution in [3.05, 3.63) is 68.8 Å². The lowest BCUT2D eigenvalue weighted by molar-refractivity contribution is -0.394. The highest BCUT2D eigenvalue weighted by Crippen LogP contribution is 2.29. The third-order valence-corrected chi connectivity index (χ3v) is 2.43. The van der Waals surface area contributed by atoms with Crippen molar-refractivity contribution in [1.82, 2.24) is 0 Å². The Morgan fingerprint density at radius 3 is 1.67 bits per heavy atom. The maximum atomic E-state index is 10.7. The fraction of sp³-hybridized carbons (Fsp3) is 0. The van der Waals surface area contributed by atoms with Crippen LogP contribution < -0.4 is 0 Å². The molecule has 0 atom stereocenters. The molecule has 0 heterocycles. The summed E-state index contributed by atoms with van der Waals surface area (Å²) in [6.07, 6.45) is 0. The molecular formula is C12H8N2O4. The maximum Gasteiger partial charge on any atom is 0.276 e. The van der Waals surface area contributed by atoms with Gasteiger partial charge in [-0.25, -0.2) is 0 Å². The second kappa shape index (κ2) is 4.62. The van der Waals surface area contributed by atoms with Gasteiger partial charge in [0.2, 0.25) is 0 Å². The summed E-state index contributed by atoms with van der Waals surface area (Å²) in [5.41, 5.74) is 0.576. The number of hydrogen-bond donors (Lipinski definition) is 0. The van der Waals surface area contributed by atoms with E-state index >= 15 is 0 Å². The third kappa shape index (κ3) is 2.32. The van der Waals surface area contributed by atoms with Gasteiger partial charge in [-0.2, -0.15) is 0 Å². The van der Waals surface area contributed by atoms with Gasteiger partial charge in [0.15, 0.2) is 0 Å². The van der Waals surface area contributed by atoms with Crippen LogP contribution in [0, 0.1) is 20.2 Å². The molecule has 0 unspecified atom stereocenters. The molecule has 2 rings (SSSR count). The van der Waals surface area contributed by atoms with Crippen LogP contribution in [0.5, 0.6) is 0 Å². The summed E-state index contributed by atoms with van der Waals surface area (Å²) in [6.45, 7) is 0. The molecule has 0 saturated carbocycles. The van der Waals surface area contributed by atoms with Crippen molar-refractivity contribution in [3.8, 4) is 11.1 Å². The first-order valence-corrected chi connectivity index (χ1v) is 5.07. The molecule has 0 aliphatic carbocycles. The van der Waals surface area contributed by atoms with Gasteiger partial charge < -0.3 is 0 Å². The number of rotatable bonds is 3. The van der Waals surface area contributed by atoms with E-state index in [4.69, 9.17) is 0 Å². The van der Waals surface area contributed by atoms with Crippen molar-refractivity contribution in [1.29, 1.82) is 0 Å². The van der Waals surface area contributed by atoms with Crippen LogP contribution in [-0.4, -0.2) is 9.85 Å². The molecule has 0 spiro atoms. The molecule has 6 nitrogen and oxygen atoms in total. The standard InChI is InChI=1S/C12H8N2O4/c15-13(16)11-6-10(7-12(8-11)14(17)18)9-4-2-1-3-5-9/h1-8H. The molecule has 0 radical (unpaired) electrons. The van der Waals surface area contributed by atoms with Crippen molar-refractivity contribution in [2.75, 3.05) is 0 Å². The highest BCUT2D eigenvalue weighted by atomic mass is 16.6. The Morgan fingerprint density at radius 1 is 0.722 bits per heavy atom. The van der Waals surface area contributed by atoms with Crippen LogP contribution in [0.4, 0.5) is 11.4 Å². The number of benzene rings is 2. The topological polar surface area (TPSA) is 86.3 Å². The molecule has 2 aromatic rings. The minimum atomic E-state index is -0.639. The lowest BCUT2D eigenvalue weighted by Crippen LogP contribution is -1.93. The summed E-state index contributed by atoms with van der Waals surface area (Å²) >= 11 is 0. The molecule has 0 N–H and O–H groups in total. The highest BCUT2D eigenvalue weighted by molar-refractivity contribution is 5.69. The highest BCUT2D eigenvalue weighted by Gasteiger charge is 2.16. The van der Waals surface area contributed by atoms with Crippen LogP contribution in [-0.2, 0) is 0 Å². The van der Waals surface area contributed by atoms with Gasteiger partial charge in [0.25, 0.3) is 11.4 Å². The van der Waals surface area contributed by atoms with Crippen molar-refractivity contribution >= 4 is 11.4 Å². The number of nitrogens with zero attached hydrogens (tertiary/aromatic N) is 2. The first kappa shape index (κ1) is 11.7. The first-order chi connectivity index (χ1) is 8.58. The van der Waals surface area contributed by atoms with Crippen LogP contribution in [0.3, 0.4) is 0 Å². The van der Waals surface area contributed by atoms with Gasteiger partial charge in [-0.3, -0.25) is 20.2 Å². The Balaban J connectivity index is 2.61. The normalized spacial score (nSPS) is 10.0. The average Bonchev–Trinajstić information content (AvgIpc) is 2.39. The Morgan fingerprint density at radius 2 is 1.22 bits per heavy atom. The van der Waals surface area contributed by atoms with E-state index in [-0.39, 0.29) is 11.4 Å². The SMILES string of the molecule is O=[N+]([O-])c1cc(-c2ccccc2)cc([N+](=O)[O-])c1. The lowest BCUT2D eigenvalue weighted by Gasteiger charge is -2.01. The summed E-state index contributed by atoms with van der Waals surface area (Å²) in [7, 11) is 0.